The Morgan fingerprint density at radius 2 is 1.92 bits per heavy atom. The van der Waals surface area contributed by atoms with Gasteiger partial charge in [0.05, 0.1) is 13.2 Å². The van der Waals surface area contributed by atoms with Crippen LogP contribution in [0.4, 0.5) is 0 Å². The maximum atomic E-state index is 11.5. The molecule has 138 valence electrons. The normalized spacial score (nSPS) is 26.0. The fourth-order valence-corrected chi connectivity index (χ4v) is 4.07. The second-order valence-corrected chi connectivity index (χ2v) is 7.56. The second-order valence-electron chi connectivity index (χ2n) is 7.56. The summed E-state index contributed by atoms with van der Waals surface area (Å²) >= 11 is 0. The highest BCUT2D eigenvalue weighted by atomic mass is 16.5. The molecule has 5 nitrogen and oxygen atoms in total. The highest BCUT2D eigenvalue weighted by Crippen LogP contribution is 2.27. The van der Waals surface area contributed by atoms with E-state index in [1.807, 2.05) is 4.90 Å². The van der Waals surface area contributed by atoms with Crippen LogP contribution in [-0.4, -0.2) is 71.8 Å². The van der Waals surface area contributed by atoms with Crippen LogP contribution in [0, 0.1) is 6.92 Å². The third-order valence-corrected chi connectivity index (χ3v) is 5.64. The Hall–Kier alpha value is -1.43. The van der Waals surface area contributed by atoms with Gasteiger partial charge in [0, 0.05) is 45.6 Å². The Labute approximate surface area is 150 Å². The lowest BCUT2D eigenvalue weighted by molar-refractivity contribution is -0.146. The Morgan fingerprint density at radius 1 is 1.24 bits per heavy atom. The van der Waals surface area contributed by atoms with E-state index in [9.17, 15) is 9.90 Å². The molecule has 2 aliphatic heterocycles. The van der Waals surface area contributed by atoms with Crippen LogP contribution in [0.25, 0.3) is 0 Å². The van der Waals surface area contributed by atoms with Crippen LogP contribution in [0.2, 0.25) is 0 Å². The molecule has 2 heterocycles. The van der Waals surface area contributed by atoms with E-state index in [1.165, 1.54) is 11.1 Å². The maximum absolute atomic E-state index is 11.5. The van der Waals surface area contributed by atoms with E-state index in [2.05, 4.69) is 36.1 Å². The van der Waals surface area contributed by atoms with E-state index in [0.717, 1.165) is 45.4 Å². The van der Waals surface area contributed by atoms with Crippen molar-refractivity contribution in [2.45, 2.75) is 44.8 Å². The molecule has 1 atom stereocenters. The fourth-order valence-electron chi connectivity index (χ4n) is 4.07. The molecule has 0 aromatic heterocycles. The summed E-state index contributed by atoms with van der Waals surface area (Å²) in [5.74, 6) is 0.171. The predicted molar refractivity (Wildman–Crippen MR) is 97.5 cm³/mol. The van der Waals surface area contributed by atoms with Gasteiger partial charge in [-0.1, -0.05) is 29.8 Å². The first-order chi connectivity index (χ1) is 12.0. The van der Waals surface area contributed by atoms with E-state index in [-0.39, 0.29) is 12.5 Å². The van der Waals surface area contributed by atoms with Crippen molar-refractivity contribution in [3.05, 3.63) is 35.4 Å². The molecule has 1 aromatic carbocycles. The molecule has 2 saturated heterocycles. The van der Waals surface area contributed by atoms with Crippen LogP contribution in [0.3, 0.4) is 0 Å². The van der Waals surface area contributed by atoms with Gasteiger partial charge in [0.25, 0.3) is 0 Å². The van der Waals surface area contributed by atoms with Crippen LogP contribution >= 0.6 is 0 Å². The van der Waals surface area contributed by atoms with E-state index >= 15 is 0 Å². The molecule has 2 aliphatic rings. The molecule has 0 unspecified atom stereocenters. The van der Waals surface area contributed by atoms with Gasteiger partial charge in [-0.3, -0.25) is 9.69 Å². The van der Waals surface area contributed by atoms with Gasteiger partial charge in [-0.15, -0.1) is 0 Å². The molecular weight excluding hydrogens is 316 g/mol. The highest BCUT2D eigenvalue weighted by molar-refractivity contribution is 5.73. The lowest BCUT2D eigenvalue weighted by atomic mass is 9.91. The highest BCUT2D eigenvalue weighted by Gasteiger charge is 2.39. The Balaban J connectivity index is 1.64. The van der Waals surface area contributed by atoms with Gasteiger partial charge in [0.15, 0.2) is 0 Å². The van der Waals surface area contributed by atoms with Crippen molar-refractivity contribution in [1.29, 1.82) is 0 Å². The quantitative estimate of drug-likeness (QED) is 0.900. The first-order valence-corrected chi connectivity index (χ1v) is 9.31. The molecule has 1 aromatic rings. The molecule has 0 aliphatic carbocycles. The van der Waals surface area contributed by atoms with Gasteiger partial charge in [0.1, 0.15) is 5.60 Å². The zero-order chi connectivity index (χ0) is 17.9. The lowest BCUT2D eigenvalue weighted by Gasteiger charge is -2.47. The summed E-state index contributed by atoms with van der Waals surface area (Å²) in [6.45, 7) is 7.74. The number of carbonyl (C=O) groups excluding carboxylic acids is 1. The Kier molecular flexibility index (Phi) is 5.77. The largest absolute Gasteiger partial charge is 0.393 e. The monoisotopic (exact) mass is 346 g/mol. The summed E-state index contributed by atoms with van der Waals surface area (Å²) in [7, 11) is 0. The lowest BCUT2D eigenvalue weighted by Crippen LogP contribution is -2.59. The number of carbonyl (C=O) groups is 1. The summed E-state index contributed by atoms with van der Waals surface area (Å²) in [4.78, 5) is 15.9. The number of hydrogen-bond donors (Lipinski definition) is 1. The van der Waals surface area contributed by atoms with Gasteiger partial charge in [-0.25, -0.2) is 0 Å². The molecule has 25 heavy (non-hydrogen) atoms. The molecule has 2 fully saturated rings. The third kappa shape index (κ3) is 4.40. The topological polar surface area (TPSA) is 53.0 Å². The van der Waals surface area contributed by atoms with Gasteiger partial charge < -0.3 is 14.7 Å². The van der Waals surface area contributed by atoms with Gasteiger partial charge in [0.2, 0.25) is 5.91 Å². The molecule has 0 bridgehead atoms. The number of aliphatic hydroxyl groups is 1. The Morgan fingerprint density at radius 3 is 2.52 bits per heavy atom. The van der Waals surface area contributed by atoms with Crippen molar-refractivity contribution in [3.63, 3.8) is 0 Å². The smallest absolute Gasteiger partial charge is 0.219 e. The average molecular weight is 346 g/mol. The minimum Gasteiger partial charge on any atom is -0.393 e. The number of hydrogen-bond acceptors (Lipinski definition) is 4. The number of nitrogens with zero attached hydrogens (tertiary/aromatic N) is 2. The van der Waals surface area contributed by atoms with Crippen molar-refractivity contribution in [3.8, 4) is 0 Å². The maximum Gasteiger partial charge on any atom is 0.219 e. The summed E-state index contributed by atoms with van der Waals surface area (Å²) in [5.41, 5.74) is 1.92. The summed E-state index contributed by atoms with van der Waals surface area (Å²) in [6.07, 6.45) is 2.74. The number of morpholine rings is 1. The van der Waals surface area contributed by atoms with Crippen molar-refractivity contribution >= 4 is 5.91 Å². The predicted octanol–water partition coefficient (Wildman–Crippen LogP) is 1.61. The number of amides is 1. The van der Waals surface area contributed by atoms with Crippen LogP contribution in [0.5, 0.6) is 0 Å². The van der Waals surface area contributed by atoms with Gasteiger partial charge in [-0.2, -0.15) is 0 Å². The van der Waals surface area contributed by atoms with E-state index in [0.29, 0.717) is 12.6 Å². The van der Waals surface area contributed by atoms with Crippen LogP contribution < -0.4 is 0 Å². The molecule has 0 radical (unpaired) electrons. The molecule has 0 saturated carbocycles. The van der Waals surface area contributed by atoms with Crippen molar-refractivity contribution in [1.82, 2.24) is 9.80 Å². The van der Waals surface area contributed by atoms with Crippen LogP contribution in [0.15, 0.2) is 24.3 Å². The zero-order valence-corrected chi connectivity index (χ0v) is 15.4. The SMILES string of the molecule is CC(=O)N1CCC(N2CCO[C@@](CO)(Cc3ccc(C)cc3)C2)CC1. The van der Waals surface area contributed by atoms with Crippen LogP contribution in [-0.2, 0) is 16.0 Å². The number of benzene rings is 1. The number of piperidine rings is 1. The number of aryl methyl sites for hydroxylation is 1. The first-order valence-electron chi connectivity index (χ1n) is 9.31. The molecule has 1 amide bonds. The number of rotatable bonds is 4. The van der Waals surface area contributed by atoms with Gasteiger partial charge in [-0.05, 0) is 25.3 Å². The molecule has 1 N–H and O–H groups in total. The van der Waals surface area contributed by atoms with E-state index in [1.54, 1.807) is 6.92 Å². The molecule has 3 rings (SSSR count). The van der Waals surface area contributed by atoms with E-state index < -0.39 is 5.60 Å². The second kappa shape index (κ2) is 7.85. The number of likely N-dealkylation sites (tertiary alicyclic amines) is 1. The fraction of sp³-hybridized carbons (Fsp3) is 0.650. The summed E-state index contributed by atoms with van der Waals surface area (Å²) < 4.78 is 6.07. The summed E-state index contributed by atoms with van der Waals surface area (Å²) in [5, 5.41) is 10.1. The molecule has 0 spiro atoms. The van der Waals surface area contributed by atoms with Crippen molar-refractivity contribution < 1.29 is 14.6 Å². The minimum atomic E-state index is -0.523. The average Bonchev–Trinajstić information content (AvgIpc) is 2.64. The van der Waals surface area contributed by atoms with E-state index in [4.69, 9.17) is 4.74 Å². The molecule has 5 heteroatoms. The third-order valence-electron chi connectivity index (χ3n) is 5.64. The zero-order valence-electron chi connectivity index (χ0n) is 15.4. The minimum absolute atomic E-state index is 0.0314. The van der Waals surface area contributed by atoms with Crippen LogP contribution in [0.1, 0.15) is 30.9 Å². The first kappa shape index (κ1) is 18.4. The number of aliphatic hydroxyl groups excluding tert-OH is 1. The van der Waals surface area contributed by atoms with Gasteiger partial charge >= 0.3 is 0 Å². The number of ether oxygens (including phenoxy) is 1. The summed E-state index contributed by atoms with van der Waals surface area (Å²) in [6, 6.07) is 8.95. The van der Waals surface area contributed by atoms with Crippen molar-refractivity contribution in [2.75, 3.05) is 39.4 Å². The Bertz CT molecular complexity index is 581. The standard InChI is InChI=1S/C20H30N2O3/c1-16-3-5-18(6-4-16)13-20(15-23)14-22(11-12-25-20)19-7-9-21(10-8-19)17(2)24/h3-6,19,23H,7-15H2,1-2H3/t20-/m0/s1. The van der Waals surface area contributed by atoms with Crippen molar-refractivity contribution in [2.24, 2.45) is 0 Å². The molecular formula is C20H30N2O3.